The van der Waals surface area contributed by atoms with Crippen molar-refractivity contribution in [3.63, 3.8) is 0 Å². The summed E-state index contributed by atoms with van der Waals surface area (Å²) < 4.78 is 0. The maximum atomic E-state index is 11.6. The Bertz CT molecular complexity index is 692. The highest BCUT2D eigenvalue weighted by atomic mass is 16.3. The van der Waals surface area contributed by atoms with Gasteiger partial charge in [0.15, 0.2) is 0 Å². The lowest BCUT2D eigenvalue weighted by Gasteiger charge is -2.10. The monoisotopic (exact) mass is 763 g/mol. The van der Waals surface area contributed by atoms with E-state index in [1.54, 1.807) is 0 Å². The minimum Gasteiger partial charge on any atom is -0.393 e. The Hall–Kier alpha value is -0.410. The molecule has 0 radical (unpaired) electrons. The molecule has 324 valence electrons. The smallest absolute Gasteiger partial charge is 0.132 e. The predicted octanol–water partition coefficient (Wildman–Crippen LogP) is 17.3. The third-order valence-electron chi connectivity index (χ3n) is 12.2. The van der Waals surface area contributed by atoms with Crippen LogP contribution in [0, 0.1) is 0 Å². The second-order valence-corrected chi connectivity index (χ2v) is 17.9. The molecule has 0 aromatic carbocycles. The van der Waals surface area contributed by atoms with Crippen molar-refractivity contribution in [1.29, 1.82) is 0 Å². The lowest BCUT2D eigenvalue weighted by molar-refractivity contribution is -0.119. The van der Waals surface area contributed by atoms with Gasteiger partial charge in [-0.25, -0.2) is 0 Å². The van der Waals surface area contributed by atoms with Crippen molar-refractivity contribution in [3.8, 4) is 0 Å². The van der Waals surface area contributed by atoms with Gasteiger partial charge in [-0.2, -0.15) is 0 Å². The van der Waals surface area contributed by atoms with E-state index in [0.717, 1.165) is 57.8 Å². The van der Waals surface area contributed by atoms with Crippen LogP contribution in [-0.4, -0.2) is 28.2 Å². The molecule has 0 aliphatic rings. The van der Waals surface area contributed by atoms with Crippen molar-refractivity contribution in [2.24, 2.45) is 0 Å². The summed E-state index contributed by atoms with van der Waals surface area (Å²) in [5.41, 5.74) is 0. The summed E-state index contributed by atoms with van der Waals surface area (Å²) in [6.45, 7) is 4.29. The number of Topliss-reactive ketones (excluding diaryl/α,β-unsaturated/α-hetero) is 1. The number of unbranched alkanes of at least 4 members (excludes halogenated alkanes) is 36. The minimum atomic E-state index is -0.0675. The average molecular weight is 763 g/mol. The van der Waals surface area contributed by atoms with Crippen molar-refractivity contribution in [2.75, 3.05) is 0 Å². The molecule has 0 amide bonds. The molecule has 0 aliphatic carbocycles. The maximum absolute atomic E-state index is 11.6. The lowest BCUT2D eigenvalue weighted by atomic mass is 10.0. The SMILES string of the molecule is CCCC[C@H](O)CCCCCCCCCC[C@H](O)CCCCCCCCCCCCCCCCCCCCCCCCCCCCCCCC(=O)CCC. The first-order valence-electron chi connectivity index (χ1n) is 25.5. The molecular formula is C51H102O3. The third kappa shape index (κ3) is 46.0. The molecular weight excluding hydrogens is 661 g/mol. The summed E-state index contributed by atoms with van der Waals surface area (Å²) in [5.74, 6) is 0.471. The number of hydrogen-bond donors (Lipinski definition) is 2. The standard InChI is InChI=1S/C51H102O3/c1-3-5-44-50(53)46-40-36-33-29-30-34-38-42-48-51(54)47-41-37-32-28-26-24-22-20-18-16-14-12-10-8-6-7-9-11-13-15-17-19-21-23-25-27-31-35-39-45-49(52)43-4-2/h50-51,53-54H,3-48H2,1-2H3/t50-,51+/m0/s1. The summed E-state index contributed by atoms with van der Waals surface area (Å²) in [4.78, 5) is 11.6. The van der Waals surface area contributed by atoms with Crippen molar-refractivity contribution in [1.82, 2.24) is 0 Å². The van der Waals surface area contributed by atoms with Crippen LogP contribution in [0.15, 0.2) is 0 Å². The molecule has 0 rings (SSSR count). The normalized spacial score (nSPS) is 12.8. The molecule has 0 aliphatic heterocycles. The van der Waals surface area contributed by atoms with Gasteiger partial charge in [-0.05, 0) is 38.5 Å². The fourth-order valence-corrected chi connectivity index (χ4v) is 8.43. The van der Waals surface area contributed by atoms with Gasteiger partial charge < -0.3 is 10.2 Å². The van der Waals surface area contributed by atoms with Crippen molar-refractivity contribution in [2.45, 2.75) is 321 Å². The van der Waals surface area contributed by atoms with Gasteiger partial charge in [-0.1, -0.05) is 258 Å². The van der Waals surface area contributed by atoms with Crippen LogP contribution in [0.5, 0.6) is 0 Å². The van der Waals surface area contributed by atoms with Crippen molar-refractivity contribution < 1.29 is 15.0 Å². The van der Waals surface area contributed by atoms with E-state index >= 15 is 0 Å². The molecule has 3 nitrogen and oxygen atoms in total. The van der Waals surface area contributed by atoms with Crippen LogP contribution < -0.4 is 0 Å². The highest BCUT2D eigenvalue weighted by Crippen LogP contribution is 2.19. The first-order valence-corrected chi connectivity index (χ1v) is 25.5. The summed E-state index contributed by atoms with van der Waals surface area (Å²) in [5, 5.41) is 20.3. The molecule has 0 aromatic heterocycles. The molecule has 0 spiro atoms. The Morgan fingerprint density at radius 3 is 0.704 bits per heavy atom. The second-order valence-electron chi connectivity index (χ2n) is 17.9. The number of aliphatic hydroxyl groups is 2. The van der Waals surface area contributed by atoms with Crippen molar-refractivity contribution in [3.05, 3.63) is 0 Å². The van der Waals surface area contributed by atoms with E-state index < -0.39 is 0 Å². The maximum Gasteiger partial charge on any atom is 0.132 e. The minimum absolute atomic E-state index is 0.0641. The van der Waals surface area contributed by atoms with Gasteiger partial charge in [0.25, 0.3) is 0 Å². The number of aliphatic hydroxyl groups excluding tert-OH is 2. The quantitative estimate of drug-likeness (QED) is 0.0607. The predicted molar refractivity (Wildman–Crippen MR) is 241 cm³/mol. The first-order chi connectivity index (χ1) is 26.6. The fraction of sp³-hybridized carbons (Fsp3) is 0.980. The highest BCUT2D eigenvalue weighted by Gasteiger charge is 2.05. The topological polar surface area (TPSA) is 57.5 Å². The summed E-state index contributed by atoms with van der Waals surface area (Å²) in [6.07, 6.45) is 59.8. The Labute approximate surface area is 341 Å². The largest absolute Gasteiger partial charge is 0.393 e. The van der Waals surface area contributed by atoms with Crippen LogP contribution in [0.2, 0.25) is 0 Å². The number of carbonyl (C=O) groups is 1. The van der Waals surface area contributed by atoms with E-state index in [0.29, 0.717) is 5.78 Å². The number of hydrogen-bond acceptors (Lipinski definition) is 3. The zero-order valence-corrected chi connectivity index (χ0v) is 37.5. The van der Waals surface area contributed by atoms with Gasteiger partial charge in [0, 0.05) is 12.8 Å². The first kappa shape index (κ1) is 53.6. The van der Waals surface area contributed by atoms with E-state index in [1.165, 1.54) is 238 Å². The zero-order chi connectivity index (χ0) is 39.3. The van der Waals surface area contributed by atoms with Crippen LogP contribution in [-0.2, 0) is 4.79 Å². The van der Waals surface area contributed by atoms with Crippen LogP contribution in [0.3, 0.4) is 0 Å². The lowest BCUT2D eigenvalue weighted by Crippen LogP contribution is -2.06. The molecule has 0 fully saturated rings. The van der Waals surface area contributed by atoms with Gasteiger partial charge >= 0.3 is 0 Å². The van der Waals surface area contributed by atoms with Crippen LogP contribution in [0.1, 0.15) is 309 Å². The molecule has 0 saturated heterocycles. The van der Waals surface area contributed by atoms with Crippen molar-refractivity contribution >= 4 is 5.78 Å². The molecule has 3 heteroatoms. The van der Waals surface area contributed by atoms with Crippen LogP contribution in [0.25, 0.3) is 0 Å². The highest BCUT2D eigenvalue weighted by molar-refractivity contribution is 5.78. The molecule has 54 heavy (non-hydrogen) atoms. The number of carbonyl (C=O) groups excluding carboxylic acids is 1. The Morgan fingerprint density at radius 2 is 0.481 bits per heavy atom. The van der Waals surface area contributed by atoms with E-state index in [2.05, 4.69) is 13.8 Å². The van der Waals surface area contributed by atoms with E-state index in [4.69, 9.17) is 0 Å². The van der Waals surface area contributed by atoms with Crippen LogP contribution in [0.4, 0.5) is 0 Å². The second kappa shape index (κ2) is 47.0. The molecule has 0 aromatic rings. The summed E-state index contributed by atoms with van der Waals surface area (Å²) >= 11 is 0. The number of ketones is 1. The fourth-order valence-electron chi connectivity index (χ4n) is 8.43. The molecule has 0 saturated carbocycles. The molecule has 0 unspecified atom stereocenters. The number of rotatable bonds is 48. The van der Waals surface area contributed by atoms with Crippen LogP contribution >= 0.6 is 0 Å². The Morgan fingerprint density at radius 1 is 0.278 bits per heavy atom. The molecule has 2 N–H and O–H groups in total. The molecule has 0 heterocycles. The summed E-state index contributed by atoms with van der Waals surface area (Å²) in [7, 11) is 0. The van der Waals surface area contributed by atoms with E-state index in [1.807, 2.05) is 0 Å². The molecule has 2 atom stereocenters. The zero-order valence-electron chi connectivity index (χ0n) is 37.5. The average Bonchev–Trinajstić information content (AvgIpc) is 3.16. The van der Waals surface area contributed by atoms with Gasteiger partial charge in [-0.3, -0.25) is 4.79 Å². The third-order valence-corrected chi connectivity index (χ3v) is 12.2. The Balaban J connectivity index is 3.16. The van der Waals surface area contributed by atoms with Gasteiger partial charge in [0.05, 0.1) is 12.2 Å². The Kier molecular flexibility index (Phi) is 46.6. The molecule has 0 bridgehead atoms. The van der Waals surface area contributed by atoms with Gasteiger partial charge in [0.1, 0.15) is 5.78 Å². The van der Waals surface area contributed by atoms with Gasteiger partial charge in [-0.15, -0.1) is 0 Å². The van der Waals surface area contributed by atoms with Gasteiger partial charge in [0.2, 0.25) is 0 Å². The summed E-state index contributed by atoms with van der Waals surface area (Å²) in [6, 6.07) is 0. The van der Waals surface area contributed by atoms with E-state index in [-0.39, 0.29) is 12.2 Å². The van der Waals surface area contributed by atoms with E-state index in [9.17, 15) is 15.0 Å².